The fraction of sp³-hybridized carbons (Fsp3) is 0.690. The summed E-state index contributed by atoms with van der Waals surface area (Å²) >= 11 is 0. The van der Waals surface area contributed by atoms with Crippen molar-refractivity contribution in [3.05, 3.63) is 24.4 Å². The molecule has 13 nitrogen and oxygen atoms in total. The number of anilines is 1. The lowest BCUT2D eigenvalue weighted by Crippen LogP contribution is -2.54. The maximum Gasteiger partial charge on any atom is 0.259 e. The molecule has 2 aliphatic heterocycles. The van der Waals surface area contributed by atoms with Gasteiger partial charge in [-0.2, -0.15) is 4.98 Å². The number of morpholine rings is 1. The standard InChI is InChI=1S/C29H40N6O7S/c1-34-11-5-3-2-4-6-19-18-29(19,27(38)33-43(39,40)21-7-8-21)32-25(36)22-16-20(17-23(22)26(34)37)42-24-9-10-30-28(31-24)35-12-14-41-15-13-35/h4,6,9-10,19-23H,2-3,5,7-8,11-18H2,1H3,(H,32,36)(H,33,38). The Balaban J connectivity index is 1.22. The highest BCUT2D eigenvalue weighted by molar-refractivity contribution is 7.91. The molecular formula is C29H40N6O7S. The summed E-state index contributed by atoms with van der Waals surface area (Å²) in [5.74, 6) is -2.12. The molecule has 3 heterocycles. The van der Waals surface area contributed by atoms with E-state index in [0.29, 0.717) is 70.4 Å². The van der Waals surface area contributed by atoms with Crippen LogP contribution in [0.5, 0.6) is 5.88 Å². The second kappa shape index (κ2) is 12.0. The first-order valence-electron chi connectivity index (χ1n) is 15.3. The van der Waals surface area contributed by atoms with E-state index in [1.165, 1.54) is 0 Å². The highest BCUT2D eigenvalue weighted by atomic mass is 32.2. The van der Waals surface area contributed by atoms with Crippen LogP contribution in [-0.2, 0) is 29.1 Å². The highest BCUT2D eigenvalue weighted by Gasteiger charge is 2.62. The molecule has 5 atom stereocenters. The molecule has 0 radical (unpaired) electrons. The van der Waals surface area contributed by atoms with Crippen molar-refractivity contribution in [3.8, 4) is 5.88 Å². The molecule has 3 saturated carbocycles. The van der Waals surface area contributed by atoms with Crippen LogP contribution >= 0.6 is 0 Å². The second-order valence-electron chi connectivity index (χ2n) is 12.3. The van der Waals surface area contributed by atoms with Crippen molar-refractivity contribution >= 4 is 33.7 Å². The van der Waals surface area contributed by atoms with E-state index < -0.39 is 50.6 Å². The lowest BCUT2D eigenvalue weighted by molar-refractivity contribution is -0.140. The van der Waals surface area contributed by atoms with Gasteiger partial charge in [0, 0.05) is 44.9 Å². The molecule has 234 valence electrons. The number of rotatable bonds is 6. The Kier molecular flexibility index (Phi) is 8.33. The largest absolute Gasteiger partial charge is 0.474 e. The fourth-order valence-electron chi connectivity index (χ4n) is 6.38. The topological polar surface area (TPSA) is 160 Å². The van der Waals surface area contributed by atoms with Crippen molar-refractivity contribution in [2.45, 2.75) is 68.3 Å². The van der Waals surface area contributed by atoms with Crippen LogP contribution in [0.4, 0.5) is 5.95 Å². The van der Waals surface area contributed by atoms with E-state index in [-0.39, 0.29) is 18.2 Å². The van der Waals surface area contributed by atoms with Crippen molar-refractivity contribution < 1.29 is 32.3 Å². The van der Waals surface area contributed by atoms with Crippen LogP contribution in [-0.4, -0.2) is 97.8 Å². The molecule has 2 N–H and O–H groups in total. The van der Waals surface area contributed by atoms with Gasteiger partial charge in [0.1, 0.15) is 11.6 Å². The summed E-state index contributed by atoms with van der Waals surface area (Å²) in [7, 11) is -2.04. The Labute approximate surface area is 251 Å². The summed E-state index contributed by atoms with van der Waals surface area (Å²) in [6.45, 7) is 3.10. The summed E-state index contributed by atoms with van der Waals surface area (Å²) in [6, 6.07) is 1.66. The minimum absolute atomic E-state index is 0.141. The van der Waals surface area contributed by atoms with Gasteiger partial charge in [0.25, 0.3) is 5.91 Å². The molecule has 5 aliphatic rings. The predicted molar refractivity (Wildman–Crippen MR) is 155 cm³/mol. The van der Waals surface area contributed by atoms with E-state index >= 15 is 0 Å². The van der Waals surface area contributed by atoms with E-state index in [9.17, 15) is 22.8 Å². The van der Waals surface area contributed by atoms with Gasteiger partial charge in [-0.05, 0) is 51.4 Å². The number of carbonyl (C=O) groups excluding carboxylic acids is 3. The van der Waals surface area contributed by atoms with Crippen molar-refractivity contribution in [2.24, 2.45) is 17.8 Å². The number of fused-ring (bicyclic) bond motifs is 2. The molecule has 6 rings (SSSR count). The number of hydrogen-bond donors (Lipinski definition) is 2. The summed E-state index contributed by atoms with van der Waals surface area (Å²) in [4.78, 5) is 53.6. The quantitative estimate of drug-likeness (QED) is 0.437. The Morgan fingerprint density at radius 3 is 2.67 bits per heavy atom. The molecule has 5 unspecified atom stereocenters. The average molecular weight is 617 g/mol. The Morgan fingerprint density at radius 2 is 1.91 bits per heavy atom. The number of nitrogens with zero attached hydrogens (tertiary/aromatic N) is 4. The third-order valence-electron chi connectivity index (χ3n) is 9.20. The van der Waals surface area contributed by atoms with Gasteiger partial charge in [0.05, 0.1) is 30.3 Å². The van der Waals surface area contributed by atoms with E-state index in [2.05, 4.69) is 20.0 Å². The Hall–Kier alpha value is -3.26. The van der Waals surface area contributed by atoms with Crippen molar-refractivity contribution in [3.63, 3.8) is 0 Å². The number of hydrogen-bond acceptors (Lipinski definition) is 10. The van der Waals surface area contributed by atoms with E-state index in [4.69, 9.17) is 9.47 Å². The second-order valence-corrected chi connectivity index (χ2v) is 14.3. The van der Waals surface area contributed by atoms with Gasteiger partial charge >= 0.3 is 0 Å². The lowest BCUT2D eigenvalue weighted by atomic mass is 9.93. The Bertz CT molecular complexity index is 1380. The van der Waals surface area contributed by atoms with Crippen LogP contribution in [0.3, 0.4) is 0 Å². The normalized spacial score (nSPS) is 31.8. The van der Waals surface area contributed by atoms with Crippen LogP contribution in [0, 0.1) is 17.8 Å². The van der Waals surface area contributed by atoms with Crippen LogP contribution in [0.15, 0.2) is 24.4 Å². The molecule has 3 amide bonds. The van der Waals surface area contributed by atoms with Crippen LogP contribution < -0.4 is 19.7 Å². The highest BCUT2D eigenvalue weighted by Crippen LogP contribution is 2.47. The molecule has 1 aromatic rings. The van der Waals surface area contributed by atoms with Gasteiger partial charge in [-0.15, -0.1) is 0 Å². The molecule has 43 heavy (non-hydrogen) atoms. The lowest BCUT2D eigenvalue weighted by Gasteiger charge is -2.27. The molecule has 1 saturated heterocycles. The number of carbonyl (C=O) groups is 3. The Morgan fingerprint density at radius 1 is 1.14 bits per heavy atom. The van der Waals surface area contributed by atoms with Gasteiger partial charge in [0.2, 0.25) is 33.7 Å². The summed E-state index contributed by atoms with van der Waals surface area (Å²) in [5.41, 5.74) is -1.36. The number of aromatic nitrogens is 2. The fourth-order valence-corrected chi connectivity index (χ4v) is 7.74. The molecule has 4 fully saturated rings. The zero-order valence-corrected chi connectivity index (χ0v) is 25.3. The number of ether oxygens (including phenoxy) is 2. The average Bonchev–Trinajstić information content (AvgIpc) is 3.92. The first-order valence-corrected chi connectivity index (χ1v) is 16.8. The SMILES string of the molecule is CN1CCCCC=CC2CC2(C(=O)NS(=O)(=O)C2CC2)NC(=O)C2CC(Oc3ccnc(N4CCOCC4)n3)CC2C1=O. The summed E-state index contributed by atoms with van der Waals surface area (Å²) in [5, 5.41) is 2.35. The van der Waals surface area contributed by atoms with Gasteiger partial charge in [-0.3, -0.25) is 19.1 Å². The third-order valence-corrected chi connectivity index (χ3v) is 11.0. The monoisotopic (exact) mass is 616 g/mol. The van der Waals surface area contributed by atoms with Gasteiger partial charge in [-0.25, -0.2) is 13.4 Å². The predicted octanol–water partition coefficient (Wildman–Crippen LogP) is 0.769. The van der Waals surface area contributed by atoms with Gasteiger partial charge < -0.3 is 24.6 Å². The molecule has 0 aromatic carbocycles. The van der Waals surface area contributed by atoms with Crippen molar-refractivity contribution in [2.75, 3.05) is 44.8 Å². The first kappa shape index (κ1) is 29.8. The molecule has 1 aromatic heterocycles. The zero-order chi connectivity index (χ0) is 30.2. The summed E-state index contributed by atoms with van der Waals surface area (Å²) in [6.07, 6.45) is 9.39. The molecular weight excluding hydrogens is 576 g/mol. The number of allylic oxidation sites excluding steroid dienone is 1. The molecule has 0 bridgehead atoms. The minimum atomic E-state index is -3.79. The van der Waals surface area contributed by atoms with Crippen molar-refractivity contribution in [1.29, 1.82) is 0 Å². The van der Waals surface area contributed by atoms with Gasteiger partial charge in [0.15, 0.2) is 0 Å². The third kappa shape index (κ3) is 6.49. The van der Waals surface area contributed by atoms with Crippen LogP contribution in [0.25, 0.3) is 0 Å². The molecule has 0 spiro atoms. The van der Waals surface area contributed by atoms with E-state index in [1.807, 2.05) is 17.1 Å². The van der Waals surface area contributed by atoms with E-state index in [1.54, 1.807) is 24.2 Å². The molecule has 14 heteroatoms. The smallest absolute Gasteiger partial charge is 0.259 e. The van der Waals surface area contributed by atoms with E-state index in [0.717, 1.165) is 19.3 Å². The van der Waals surface area contributed by atoms with Crippen molar-refractivity contribution in [1.82, 2.24) is 24.9 Å². The van der Waals surface area contributed by atoms with Gasteiger partial charge in [-0.1, -0.05) is 12.2 Å². The zero-order valence-electron chi connectivity index (χ0n) is 24.4. The molecule has 3 aliphatic carbocycles. The first-order chi connectivity index (χ1) is 20.7. The minimum Gasteiger partial charge on any atom is -0.474 e. The number of amides is 3. The summed E-state index contributed by atoms with van der Waals surface area (Å²) < 4.78 is 39.1. The number of sulfonamides is 1. The maximum atomic E-state index is 13.9. The van der Waals surface area contributed by atoms with Crippen LogP contribution in [0.1, 0.15) is 51.4 Å². The maximum absolute atomic E-state index is 13.9. The van der Waals surface area contributed by atoms with Crippen LogP contribution in [0.2, 0.25) is 0 Å². The number of nitrogens with one attached hydrogen (secondary N) is 2.